The molecule has 0 aromatic heterocycles. The third-order valence-corrected chi connectivity index (χ3v) is 10.5. The van der Waals surface area contributed by atoms with Crippen LogP contribution in [0.15, 0.2) is 11.6 Å². The molecule has 27 heavy (non-hydrogen) atoms. The first kappa shape index (κ1) is 20.0. The monoisotopic (exact) mass is 370 g/mol. The van der Waals surface area contributed by atoms with Crippen LogP contribution in [0.4, 0.5) is 0 Å². The highest BCUT2D eigenvalue weighted by atomic mass is 14.6. The van der Waals surface area contributed by atoms with Gasteiger partial charge in [0.2, 0.25) is 0 Å². The first-order valence-electron chi connectivity index (χ1n) is 12.5. The molecule has 0 amide bonds. The quantitative estimate of drug-likeness (QED) is 0.436. The van der Waals surface area contributed by atoms with Gasteiger partial charge in [-0.15, -0.1) is 0 Å². The Morgan fingerprint density at radius 3 is 2.44 bits per heavy atom. The van der Waals surface area contributed by atoms with E-state index in [1.54, 1.807) is 44.9 Å². The first-order valence-corrected chi connectivity index (χ1v) is 12.5. The Morgan fingerprint density at radius 2 is 1.67 bits per heavy atom. The largest absolute Gasteiger partial charge is 0.0859 e. The van der Waals surface area contributed by atoms with Crippen molar-refractivity contribution in [3.63, 3.8) is 0 Å². The number of hydrogen-bond acceptors (Lipinski definition) is 0. The fourth-order valence-corrected chi connectivity index (χ4v) is 9.11. The summed E-state index contributed by atoms with van der Waals surface area (Å²) in [6.45, 7) is 12.5. The Balaban J connectivity index is 1.49. The SMILES string of the molecule is CC(C)=CCCC(C)[C@H]1CC[C@H]2[C@@H]3CC[C@H]4CCCC[C@]4(C)[C@H]3CC[C@]12C. The molecule has 4 fully saturated rings. The van der Waals surface area contributed by atoms with Crippen LogP contribution in [0.1, 0.15) is 112 Å². The molecule has 0 bridgehead atoms. The molecule has 0 N–H and O–H groups in total. The predicted molar refractivity (Wildman–Crippen MR) is 118 cm³/mol. The Kier molecular flexibility index (Phi) is 5.59. The number of allylic oxidation sites excluding steroid dienone is 2. The molecule has 0 spiro atoms. The van der Waals surface area contributed by atoms with Crippen LogP contribution < -0.4 is 0 Å². The number of hydrogen-bond donors (Lipinski definition) is 0. The Labute approximate surface area is 170 Å². The van der Waals surface area contributed by atoms with Crippen LogP contribution in [0.3, 0.4) is 0 Å². The van der Waals surface area contributed by atoms with Crippen LogP contribution in [0.5, 0.6) is 0 Å². The second-order valence-electron chi connectivity index (χ2n) is 12.0. The lowest BCUT2D eigenvalue weighted by Gasteiger charge is -2.61. The zero-order chi connectivity index (χ0) is 19.2. The van der Waals surface area contributed by atoms with Crippen molar-refractivity contribution in [2.75, 3.05) is 0 Å². The van der Waals surface area contributed by atoms with Crippen molar-refractivity contribution in [2.45, 2.75) is 112 Å². The van der Waals surface area contributed by atoms with E-state index in [9.17, 15) is 0 Å². The minimum Gasteiger partial charge on any atom is -0.0859 e. The van der Waals surface area contributed by atoms with Crippen molar-refractivity contribution in [2.24, 2.45) is 46.3 Å². The third-order valence-electron chi connectivity index (χ3n) is 10.5. The molecule has 154 valence electrons. The highest BCUT2D eigenvalue weighted by Crippen LogP contribution is 2.68. The van der Waals surface area contributed by atoms with Gasteiger partial charge >= 0.3 is 0 Å². The average Bonchev–Trinajstić information content (AvgIpc) is 2.98. The second-order valence-corrected chi connectivity index (χ2v) is 12.0. The Hall–Kier alpha value is -0.260. The van der Waals surface area contributed by atoms with E-state index in [-0.39, 0.29) is 0 Å². The molecule has 4 rings (SSSR count). The van der Waals surface area contributed by atoms with Gasteiger partial charge in [-0.1, -0.05) is 45.3 Å². The van der Waals surface area contributed by atoms with E-state index in [2.05, 4.69) is 40.7 Å². The molecule has 1 unspecified atom stereocenters. The van der Waals surface area contributed by atoms with Gasteiger partial charge in [-0.05, 0) is 124 Å². The molecule has 4 aliphatic rings. The molecule has 0 radical (unpaired) electrons. The van der Waals surface area contributed by atoms with Gasteiger partial charge in [-0.2, -0.15) is 0 Å². The summed E-state index contributed by atoms with van der Waals surface area (Å²) in [5, 5.41) is 0. The molecular formula is C27H46. The van der Waals surface area contributed by atoms with Crippen molar-refractivity contribution in [3.05, 3.63) is 11.6 Å². The van der Waals surface area contributed by atoms with E-state index in [4.69, 9.17) is 0 Å². The van der Waals surface area contributed by atoms with Crippen molar-refractivity contribution in [1.82, 2.24) is 0 Å². The molecule has 4 aliphatic carbocycles. The molecule has 0 nitrogen and oxygen atoms in total. The maximum Gasteiger partial charge on any atom is -0.0264 e. The van der Waals surface area contributed by atoms with E-state index in [0.29, 0.717) is 10.8 Å². The topological polar surface area (TPSA) is 0 Å². The van der Waals surface area contributed by atoms with Crippen molar-refractivity contribution in [1.29, 1.82) is 0 Å². The smallest absolute Gasteiger partial charge is 0.0264 e. The molecule has 4 saturated carbocycles. The molecular weight excluding hydrogens is 324 g/mol. The van der Waals surface area contributed by atoms with Gasteiger partial charge in [0.1, 0.15) is 0 Å². The van der Waals surface area contributed by atoms with Gasteiger partial charge in [0, 0.05) is 0 Å². The predicted octanol–water partition coefficient (Wildman–Crippen LogP) is 8.42. The third kappa shape index (κ3) is 3.36. The molecule has 0 aromatic rings. The molecule has 8 atom stereocenters. The fourth-order valence-electron chi connectivity index (χ4n) is 9.11. The highest BCUT2D eigenvalue weighted by Gasteiger charge is 2.59. The Bertz CT molecular complexity index is 554. The standard InChI is InChI=1S/C27H46/c1-19(2)9-8-10-20(3)23-14-15-24-22-13-12-21-11-6-7-17-26(21,4)25(22)16-18-27(23,24)5/h9,20-25H,6-8,10-18H2,1-5H3/t20?,21-,22+,23-,24+,25+,26+,27-/m1/s1. The zero-order valence-electron chi connectivity index (χ0n) is 19.0. The molecule has 0 aliphatic heterocycles. The molecule has 0 saturated heterocycles. The number of fused-ring (bicyclic) bond motifs is 5. The number of rotatable bonds is 4. The van der Waals surface area contributed by atoms with E-state index in [0.717, 1.165) is 35.5 Å². The van der Waals surface area contributed by atoms with E-state index in [1.165, 1.54) is 37.7 Å². The maximum atomic E-state index is 2.73. The lowest BCUT2D eigenvalue weighted by atomic mass is 9.44. The van der Waals surface area contributed by atoms with Crippen LogP contribution in [0.25, 0.3) is 0 Å². The van der Waals surface area contributed by atoms with Crippen molar-refractivity contribution < 1.29 is 0 Å². The first-order chi connectivity index (χ1) is 12.9. The van der Waals surface area contributed by atoms with Crippen LogP contribution in [-0.4, -0.2) is 0 Å². The summed E-state index contributed by atoms with van der Waals surface area (Å²) >= 11 is 0. The fraction of sp³-hybridized carbons (Fsp3) is 0.926. The maximum absolute atomic E-state index is 2.73. The lowest BCUT2D eigenvalue weighted by Crippen LogP contribution is -2.53. The van der Waals surface area contributed by atoms with Crippen LogP contribution in [0, 0.1) is 46.3 Å². The average molecular weight is 371 g/mol. The molecule has 0 heterocycles. The summed E-state index contributed by atoms with van der Waals surface area (Å²) in [6.07, 6.45) is 20.6. The van der Waals surface area contributed by atoms with Crippen LogP contribution in [-0.2, 0) is 0 Å². The van der Waals surface area contributed by atoms with Crippen LogP contribution >= 0.6 is 0 Å². The van der Waals surface area contributed by atoms with Gasteiger partial charge in [-0.3, -0.25) is 0 Å². The van der Waals surface area contributed by atoms with Crippen molar-refractivity contribution >= 4 is 0 Å². The van der Waals surface area contributed by atoms with Crippen LogP contribution in [0.2, 0.25) is 0 Å². The molecule has 0 aromatic carbocycles. The minimum absolute atomic E-state index is 0.656. The van der Waals surface area contributed by atoms with Gasteiger partial charge in [0.15, 0.2) is 0 Å². The summed E-state index contributed by atoms with van der Waals surface area (Å²) in [4.78, 5) is 0. The minimum atomic E-state index is 0.656. The summed E-state index contributed by atoms with van der Waals surface area (Å²) in [5.74, 6) is 6.15. The lowest BCUT2D eigenvalue weighted by molar-refractivity contribution is -0.114. The van der Waals surface area contributed by atoms with Gasteiger partial charge in [0.25, 0.3) is 0 Å². The highest BCUT2D eigenvalue weighted by molar-refractivity contribution is 5.09. The molecule has 0 heteroatoms. The zero-order valence-corrected chi connectivity index (χ0v) is 19.0. The second kappa shape index (κ2) is 7.53. The summed E-state index contributed by atoms with van der Waals surface area (Å²) in [7, 11) is 0. The van der Waals surface area contributed by atoms with Gasteiger partial charge in [0.05, 0.1) is 0 Å². The van der Waals surface area contributed by atoms with Crippen molar-refractivity contribution in [3.8, 4) is 0 Å². The summed E-state index contributed by atoms with van der Waals surface area (Å²) < 4.78 is 0. The van der Waals surface area contributed by atoms with Gasteiger partial charge < -0.3 is 0 Å². The summed E-state index contributed by atoms with van der Waals surface area (Å²) in [6, 6.07) is 0. The normalized spacial score (nSPS) is 47.5. The summed E-state index contributed by atoms with van der Waals surface area (Å²) in [5.41, 5.74) is 2.86. The van der Waals surface area contributed by atoms with E-state index >= 15 is 0 Å². The van der Waals surface area contributed by atoms with Gasteiger partial charge in [-0.25, -0.2) is 0 Å². The van der Waals surface area contributed by atoms with E-state index in [1.807, 2.05) is 0 Å². The van der Waals surface area contributed by atoms with E-state index < -0.39 is 0 Å². The Morgan fingerprint density at radius 1 is 0.889 bits per heavy atom.